The van der Waals surface area contributed by atoms with E-state index in [4.69, 9.17) is 9.47 Å². The molecule has 0 bridgehead atoms. The van der Waals surface area contributed by atoms with Gasteiger partial charge in [0.15, 0.2) is 11.5 Å². The summed E-state index contributed by atoms with van der Waals surface area (Å²) in [4.78, 5) is 25.4. The number of nitrogens with one attached hydrogen (secondary N) is 2. The average Bonchev–Trinajstić information content (AvgIpc) is 3.20. The number of anilines is 2. The molecule has 0 aliphatic carbocycles. The Bertz CT molecular complexity index is 1070. The second kappa shape index (κ2) is 8.92. The van der Waals surface area contributed by atoms with Crippen LogP contribution in [0.5, 0.6) is 11.5 Å². The normalized spacial score (nSPS) is 12.8. The lowest BCUT2D eigenvalue weighted by atomic mass is 10.1. The van der Waals surface area contributed by atoms with Gasteiger partial charge >= 0.3 is 0 Å². The van der Waals surface area contributed by atoms with Gasteiger partial charge in [-0.1, -0.05) is 36.4 Å². The summed E-state index contributed by atoms with van der Waals surface area (Å²) in [6.07, 6.45) is 0. The summed E-state index contributed by atoms with van der Waals surface area (Å²) >= 11 is 1.42. The van der Waals surface area contributed by atoms with Crippen molar-refractivity contribution in [3.63, 3.8) is 0 Å². The highest BCUT2D eigenvalue weighted by molar-refractivity contribution is 8.00. The van der Waals surface area contributed by atoms with E-state index in [-0.39, 0.29) is 18.6 Å². The standard InChI is InChI=1S/C23H20N2O4S/c1-15(26)24-17-8-5-9-19(12-17)30-22(16-6-3-2-4-7-16)23(27)25-18-10-11-20-21(13-18)29-14-28-20/h2-13,22H,14H2,1H3,(H,24,26)(H,25,27). The topological polar surface area (TPSA) is 76.7 Å². The first kappa shape index (κ1) is 19.8. The molecule has 3 aromatic rings. The summed E-state index contributed by atoms with van der Waals surface area (Å²) in [7, 11) is 0. The smallest absolute Gasteiger partial charge is 0.242 e. The van der Waals surface area contributed by atoms with Gasteiger partial charge in [0, 0.05) is 29.3 Å². The molecule has 1 unspecified atom stereocenters. The van der Waals surface area contributed by atoms with E-state index in [1.54, 1.807) is 18.2 Å². The van der Waals surface area contributed by atoms with E-state index in [0.717, 1.165) is 10.5 Å². The van der Waals surface area contributed by atoms with Crippen LogP contribution in [0.4, 0.5) is 11.4 Å². The Kier molecular flexibility index (Phi) is 5.90. The van der Waals surface area contributed by atoms with Crippen molar-refractivity contribution in [3.05, 3.63) is 78.4 Å². The van der Waals surface area contributed by atoms with Crippen LogP contribution in [0, 0.1) is 0 Å². The molecule has 4 rings (SSSR count). The lowest BCUT2D eigenvalue weighted by Gasteiger charge is -2.18. The van der Waals surface area contributed by atoms with Gasteiger partial charge in [-0.05, 0) is 35.9 Å². The third kappa shape index (κ3) is 4.75. The molecule has 1 aliphatic rings. The first-order valence-corrected chi connectivity index (χ1v) is 10.3. The predicted octanol–water partition coefficient (Wildman–Crippen LogP) is 4.85. The molecule has 2 amide bonds. The highest BCUT2D eigenvalue weighted by Crippen LogP contribution is 2.38. The van der Waals surface area contributed by atoms with Crippen LogP contribution in [0.1, 0.15) is 17.7 Å². The summed E-state index contributed by atoms with van der Waals surface area (Å²) in [6, 6.07) is 22.3. The quantitative estimate of drug-likeness (QED) is 0.558. The Morgan fingerprint density at radius 1 is 0.867 bits per heavy atom. The summed E-state index contributed by atoms with van der Waals surface area (Å²) in [5.74, 6) is 0.976. The van der Waals surface area contributed by atoms with E-state index in [9.17, 15) is 9.59 Å². The van der Waals surface area contributed by atoms with Crippen molar-refractivity contribution in [3.8, 4) is 11.5 Å². The second-order valence-electron chi connectivity index (χ2n) is 6.67. The van der Waals surface area contributed by atoms with Gasteiger partial charge in [0.2, 0.25) is 18.6 Å². The van der Waals surface area contributed by atoms with Crippen molar-refractivity contribution in [1.29, 1.82) is 0 Å². The fraction of sp³-hybridized carbons (Fsp3) is 0.130. The number of rotatable bonds is 6. The molecule has 1 atom stereocenters. The van der Waals surface area contributed by atoms with Crippen molar-refractivity contribution in [1.82, 2.24) is 0 Å². The second-order valence-corrected chi connectivity index (χ2v) is 7.85. The van der Waals surface area contributed by atoms with E-state index >= 15 is 0 Å². The van der Waals surface area contributed by atoms with Crippen LogP contribution in [0.15, 0.2) is 77.7 Å². The van der Waals surface area contributed by atoms with Gasteiger partial charge in [0.05, 0.1) is 0 Å². The molecule has 1 heterocycles. The van der Waals surface area contributed by atoms with E-state index in [1.807, 2.05) is 54.6 Å². The molecule has 30 heavy (non-hydrogen) atoms. The summed E-state index contributed by atoms with van der Waals surface area (Å²) in [5, 5.41) is 5.26. The Hall–Kier alpha value is -3.45. The third-order valence-electron chi connectivity index (χ3n) is 4.39. The maximum absolute atomic E-state index is 13.2. The minimum absolute atomic E-state index is 0.141. The lowest BCUT2D eigenvalue weighted by Crippen LogP contribution is -2.19. The minimum atomic E-state index is -0.482. The molecule has 3 aromatic carbocycles. The zero-order chi connectivity index (χ0) is 20.9. The molecule has 0 saturated heterocycles. The number of hydrogen-bond donors (Lipinski definition) is 2. The maximum Gasteiger partial charge on any atom is 0.242 e. The van der Waals surface area contributed by atoms with Crippen LogP contribution in [-0.4, -0.2) is 18.6 Å². The van der Waals surface area contributed by atoms with E-state index in [0.29, 0.717) is 22.9 Å². The molecule has 6 nitrogen and oxygen atoms in total. The van der Waals surface area contributed by atoms with Gasteiger partial charge in [-0.15, -0.1) is 11.8 Å². The number of fused-ring (bicyclic) bond motifs is 1. The molecule has 0 radical (unpaired) electrons. The molecule has 1 aliphatic heterocycles. The molecule has 0 aromatic heterocycles. The molecule has 0 fully saturated rings. The number of ether oxygens (including phenoxy) is 2. The monoisotopic (exact) mass is 420 g/mol. The van der Waals surface area contributed by atoms with Crippen molar-refractivity contribution < 1.29 is 19.1 Å². The maximum atomic E-state index is 13.2. The highest BCUT2D eigenvalue weighted by atomic mass is 32.2. The number of carbonyl (C=O) groups excluding carboxylic acids is 2. The Balaban J connectivity index is 1.57. The van der Waals surface area contributed by atoms with Crippen LogP contribution in [0.25, 0.3) is 0 Å². The van der Waals surface area contributed by atoms with Crippen LogP contribution in [0.2, 0.25) is 0 Å². The fourth-order valence-corrected chi connectivity index (χ4v) is 4.15. The molecule has 152 valence electrons. The SMILES string of the molecule is CC(=O)Nc1cccc(SC(C(=O)Nc2ccc3c(c2)OCO3)c2ccccc2)c1. The Morgan fingerprint density at radius 2 is 1.63 bits per heavy atom. The van der Waals surface area contributed by atoms with Gasteiger partial charge in [-0.25, -0.2) is 0 Å². The zero-order valence-corrected chi connectivity index (χ0v) is 17.1. The van der Waals surface area contributed by atoms with Gasteiger partial charge in [0.1, 0.15) is 5.25 Å². The van der Waals surface area contributed by atoms with E-state index in [1.165, 1.54) is 18.7 Å². The first-order chi connectivity index (χ1) is 14.6. The summed E-state index contributed by atoms with van der Waals surface area (Å²) in [5.41, 5.74) is 2.21. The zero-order valence-electron chi connectivity index (χ0n) is 16.3. The van der Waals surface area contributed by atoms with Crippen LogP contribution < -0.4 is 20.1 Å². The summed E-state index contributed by atoms with van der Waals surface area (Å²) in [6.45, 7) is 1.64. The molecule has 7 heteroatoms. The highest BCUT2D eigenvalue weighted by Gasteiger charge is 2.23. The lowest BCUT2D eigenvalue weighted by molar-refractivity contribution is -0.116. The Labute approximate surface area is 178 Å². The van der Waals surface area contributed by atoms with Crippen molar-refractivity contribution in [2.24, 2.45) is 0 Å². The first-order valence-electron chi connectivity index (χ1n) is 9.38. The number of thioether (sulfide) groups is 1. The van der Waals surface area contributed by atoms with Crippen LogP contribution >= 0.6 is 11.8 Å². The van der Waals surface area contributed by atoms with Crippen molar-refractivity contribution in [2.45, 2.75) is 17.1 Å². The van der Waals surface area contributed by atoms with Gasteiger partial charge < -0.3 is 20.1 Å². The fourth-order valence-electron chi connectivity index (χ4n) is 3.07. The average molecular weight is 420 g/mol. The molecule has 2 N–H and O–H groups in total. The number of benzene rings is 3. The van der Waals surface area contributed by atoms with E-state index < -0.39 is 5.25 Å². The van der Waals surface area contributed by atoms with Crippen molar-refractivity contribution in [2.75, 3.05) is 17.4 Å². The molecule has 0 saturated carbocycles. The predicted molar refractivity (Wildman–Crippen MR) is 117 cm³/mol. The number of hydrogen-bond acceptors (Lipinski definition) is 5. The largest absolute Gasteiger partial charge is 0.454 e. The van der Waals surface area contributed by atoms with Gasteiger partial charge in [-0.3, -0.25) is 9.59 Å². The number of amides is 2. The molecule has 0 spiro atoms. The molecular formula is C23H20N2O4S. The Morgan fingerprint density at radius 3 is 2.43 bits per heavy atom. The molecular weight excluding hydrogens is 400 g/mol. The summed E-state index contributed by atoms with van der Waals surface area (Å²) < 4.78 is 10.7. The van der Waals surface area contributed by atoms with Gasteiger partial charge in [-0.2, -0.15) is 0 Å². The van der Waals surface area contributed by atoms with E-state index in [2.05, 4.69) is 10.6 Å². The van der Waals surface area contributed by atoms with Crippen LogP contribution in [-0.2, 0) is 9.59 Å². The van der Waals surface area contributed by atoms with Crippen molar-refractivity contribution >= 4 is 35.0 Å². The third-order valence-corrected chi connectivity index (χ3v) is 5.64. The number of carbonyl (C=O) groups is 2. The minimum Gasteiger partial charge on any atom is -0.454 e. The van der Waals surface area contributed by atoms with Crippen LogP contribution in [0.3, 0.4) is 0 Å². The van der Waals surface area contributed by atoms with Gasteiger partial charge in [0.25, 0.3) is 0 Å².